The van der Waals surface area contributed by atoms with Crippen LogP contribution in [-0.4, -0.2) is 47.8 Å². The molecule has 1 saturated heterocycles. The van der Waals surface area contributed by atoms with Crippen LogP contribution in [0.3, 0.4) is 0 Å². The summed E-state index contributed by atoms with van der Waals surface area (Å²) in [6.07, 6.45) is 3.25. The van der Waals surface area contributed by atoms with E-state index in [2.05, 4.69) is 11.9 Å². The molecule has 2 aliphatic rings. The van der Waals surface area contributed by atoms with Gasteiger partial charge in [-0.2, -0.15) is 0 Å². The van der Waals surface area contributed by atoms with Gasteiger partial charge in [0.25, 0.3) is 11.8 Å². The molecule has 1 fully saturated rings. The molecule has 19 heavy (non-hydrogen) atoms. The van der Waals surface area contributed by atoms with Gasteiger partial charge in [0.1, 0.15) is 0 Å². The zero-order chi connectivity index (χ0) is 13.4. The first kappa shape index (κ1) is 12.4. The molecule has 1 unspecified atom stereocenters. The van der Waals surface area contributed by atoms with Gasteiger partial charge < -0.3 is 4.90 Å². The topological polar surface area (TPSA) is 40.6 Å². The van der Waals surface area contributed by atoms with Crippen molar-refractivity contribution in [3.8, 4) is 0 Å². The third-order valence-corrected chi connectivity index (χ3v) is 4.24. The van der Waals surface area contributed by atoms with Crippen LogP contribution >= 0.6 is 0 Å². The molecule has 2 aliphatic heterocycles. The second-order valence-corrected chi connectivity index (χ2v) is 5.37. The maximum atomic E-state index is 12.2. The number of hydrogen-bond acceptors (Lipinski definition) is 3. The number of hydrogen-bond donors (Lipinski definition) is 0. The summed E-state index contributed by atoms with van der Waals surface area (Å²) in [5.74, 6) is -0.275. The van der Waals surface area contributed by atoms with E-state index in [4.69, 9.17) is 0 Å². The van der Waals surface area contributed by atoms with Crippen molar-refractivity contribution in [1.82, 2.24) is 9.80 Å². The summed E-state index contributed by atoms with van der Waals surface area (Å²) in [6, 6.07) is 7.58. The zero-order valence-electron chi connectivity index (χ0n) is 11.1. The number of rotatable bonds is 3. The monoisotopic (exact) mass is 258 g/mol. The standard InChI is InChI=1S/C15H18N2O2/c1-16-9-4-5-11(16)8-10-17-14(18)12-6-2-3-7-13(12)15(17)19/h2-3,6-7,11H,4-5,8-10H2,1H3. The molecule has 1 aromatic rings. The van der Waals surface area contributed by atoms with Gasteiger partial charge in [0.15, 0.2) is 0 Å². The lowest BCUT2D eigenvalue weighted by Crippen LogP contribution is -2.35. The second kappa shape index (κ2) is 4.78. The van der Waals surface area contributed by atoms with Gasteiger partial charge in [-0.25, -0.2) is 0 Å². The number of nitrogens with zero attached hydrogens (tertiary/aromatic N) is 2. The van der Waals surface area contributed by atoms with Crippen LogP contribution in [0.5, 0.6) is 0 Å². The van der Waals surface area contributed by atoms with Gasteiger partial charge in [0.05, 0.1) is 11.1 Å². The Balaban J connectivity index is 1.70. The van der Waals surface area contributed by atoms with Crippen molar-refractivity contribution in [2.45, 2.75) is 25.3 Å². The van der Waals surface area contributed by atoms with Crippen molar-refractivity contribution in [1.29, 1.82) is 0 Å². The third kappa shape index (κ3) is 2.06. The molecular weight excluding hydrogens is 240 g/mol. The molecule has 0 radical (unpaired) electrons. The molecule has 3 rings (SSSR count). The quantitative estimate of drug-likeness (QED) is 0.776. The lowest BCUT2D eigenvalue weighted by atomic mass is 10.1. The molecule has 0 spiro atoms. The lowest BCUT2D eigenvalue weighted by Gasteiger charge is -2.22. The van der Waals surface area contributed by atoms with E-state index in [9.17, 15) is 9.59 Å². The summed E-state index contributed by atoms with van der Waals surface area (Å²) < 4.78 is 0. The Kier molecular flexibility index (Phi) is 3.11. The van der Waals surface area contributed by atoms with E-state index in [0.717, 1.165) is 13.0 Å². The van der Waals surface area contributed by atoms with Crippen molar-refractivity contribution in [3.05, 3.63) is 35.4 Å². The van der Waals surface area contributed by atoms with Gasteiger partial charge >= 0.3 is 0 Å². The van der Waals surface area contributed by atoms with Gasteiger partial charge in [-0.3, -0.25) is 14.5 Å². The van der Waals surface area contributed by atoms with Gasteiger partial charge in [0, 0.05) is 12.6 Å². The highest BCUT2D eigenvalue weighted by molar-refractivity contribution is 6.21. The Bertz CT molecular complexity index is 492. The minimum atomic E-state index is -0.138. The molecule has 0 bridgehead atoms. The smallest absolute Gasteiger partial charge is 0.261 e. The summed E-state index contributed by atoms with van der Waals surface area (Å²) in [4.78, 5) is 28.1. The minimum absolute atomic E-state index is 0.138. The minimum Gasteiger partial charge on any atom is -0.303 e. The molecule has 0 aromatic heterocycles. The Hall–Kier alpha value is -1.68. The van der Waals surface area contributed by atoms with Crippen LogP contribution in [0.1, 0.15) is 40.0 Å². The summed E-state index contributed by atoms with van der Waals surface area (Å²) in [5.41, 5.74) is 1.10. The van der Waals surface area contributed by atoms with Gasteiger partial charge in [-0.05, 0) is 45.0 Å². The highest BCUT2D eigenvalue weighted by atomic mass is 16.2. The fraction of sp³-hybridized carbons (Fsp3) is 0.467. The Labute approximate surface area is 113 Å². The Morgan fingerprint density at radius 3 is 2.32 bits per heavy atom. The summed E-state index contributed by atoms with van der Waals surface area (Å²) in [6.45, 7) is 1.65. The molecule has 0 aliphatic carbocycles. The fourth-order valence-electron chi connectivity index (χ4n) is 3.06. The Morgan fingerprint density at radius 2 is 1.79 bits per heavy atom. The molecule has 2 amide bonds. The lowest BCUT2D eigenvalue weighted by molar-refractivity contribution is 0.0642. The van der Waals surface area contributed by atoms with Crippen LogP contribution in [0.25, 0.3) is 0 Å². The van der Waals surface area contributed by atoms with Crippen LogP contribution in [0, 0.1) is 0 Å². The molecule has 4 nitrogen and oxygen atoms in total. The Morgan fingerprint density at radius 1 is 1.16 bits per heavy atom. The first-order chi connectivity index (χ1) is 9.18. The van der Waals surface area contributed by atoms with Gasteiger partial charge in [-0.1, -0.05) is 12.1 Å². The van der Waals surface area contributed by atoms with E-state index in [1.165, 1.54) is 17.7 Å². The van der Waals surface area contributed by atoms with Crippen LogP contribution in [0.4, 0.5) is 0 Å². The molecule has 0 N–H and O–H groups in total. The number of likely N-dealkylation sites (tertiary alicyclic amines) is 1. The van der Waals surface area contributed by atoms with Crippen LogP contribution in [0.15, 0.2) is 24.3 Å². The summed E-state index contributed by atoms with van der Waals surface area (Å²) in [5, 5.41) is 0. The van der Waals surface area contributed by atoms with E-state index in [-0.39, 0.29) is 11.8 Å². The van der Waals surface area contributed by atoms with Gasteiger partial charge in [-0.15, -0.1) is 0 Å². The van der Waals surface area contributed by atoms with Crippen LogP contribution < -0.4 is 0 Å². The average molecular weight is 258 g/mol. The zero-order valence-corrected chi connectivity index (χ0v) is 11.1. The third-order valence-electron chi connectivity index (χ3n) is 4.24. The normalized spacial score (nSPS) is 23.2. The number of carbonyl (C=O) groups excluding carboxylic acids is 2. The largest absolute Gasteiger partial charge is 0.303 e. The van der Waals surface area contributed by atoms with Crippen LogP contribution in [-0.2, 0) is 0 Å². The van der Waals surface area contributed by atoms with E-state index in [0.29, 0.717) is 23.7 Å². The highest BCUT2D eigenvalue weighted by Gasteiger charge is 2.35. The maximum absolute atomic E-state index is 12.2. The van der Waals surface area contributed by atoms with Gasteiger partial charge in [0.2, 0.25) is 0 Å². The van der Waals surface area contributed by atoms with E-state index >= 15 is 0 Å². The van der Waals surface area contributed by atoms with E-state index in [1.54, 1.807) is 24.3 Å². The number of benzene rings is 1. The van der Waals surface area contributed by atoms with Crippen molar-refractivity contribution in [2.24, 2.45) is 0 Å². The molecule has 1 atom stereocenters. The second-order valence-electron chi connectivity index (χ2n) is 5.37. The number of fused-ring (bicyclic) bond motifs is 1. The molecule has 1 aromatic carbocycles. The average Bonchev–Trinajstić information content (AvgIpc) is 2.93. The predicted molar refractivity (Wildman–Crippen MR) is 72.1 cm³/mol. The molecule has 4 heteroatoms. The van der Waals surface area contributed by atoms with E-state index in [1.807, 2.05) is 0 Å². The van der Waals surface area contributed by atoms with E-state index < -0.39 is 0 Å². The SMILES string of the molecule is CN1CCCC1CCN1C(=O)c2ccccc2C1=O. The first-order valence-corrected chi connectivity index (χ1v) is 6.84. The van der Waals surface area contributed by atoms with Crippen molar-refractivity contribution in [2.75, 3.05) is 20.1 Å². The molecular formula is C15H18N2O2. The summed E-state index contributed by atoms with van der Waals surface area (Å²) in [7, 11) is 2.11. The van der Waals surface area contributed by atoms with Crippen LogP contribution in [0.2, 0.25) is 0 Å². The van der Waals surface area contributed by atoms with Crippen molar-refractivity contribution in [3.63, 3.8) is 0 Å². The highest BCUT2D eigenvalue weighted by Crippen LogP contribution is 2.24. The molecule has 2 heterocycles. The maximum Gasteiger partial charge on any atom is 0.261 e. The summed E-state index contributed by atoms with van der Waals surface area (Å²) >= 11 is 0. The number of carbonyl (C=O) groups is 2. The number of imide groups is 1. The van der Waals surface area contributed by atoms with Crippen molar-refractivity contribution < 1.29 is 9.59 Å². The fourth-order valence-corrected chi connectivity index (χ4v) is 3.06. The predicted octanol–water partition coefficient (Wildman–Crippen LogP) is 1.77. The number of amides is 2. The molecule has 100 valence electrons. The van der Waals surface area contributed by atoms with Crippen molar-refractivity contribution >= 4 is 11.8 Å². The molecule has 0 saturated carbocycles. The first-order valence-electron chi connectivity index (χ1n) is 6.84.